The molecule has 0 bridgehead atoms. The van der Waals surface area contributed by atoms with E-state index in [0.717, 1.165) is 10.9 Å². The largest absolute Gasteiger partial charge is 0.480 e. The Morgan fingerprint density at radius 3 is 2.50 bits per heavy atom. The van der Waals surface area contributed by atoms with E-state index in [2.05, 4.69) is 10.7 Å². The summed E-state index contributed by atoms with van der Waals surface area (Å²) in [4.78, 5) is 22.8. The van der Waals surface area contributed by atoms with Crippen LogP contribution in [0.5, 0.6) is 0 Å². The number of carboxylic acids is 1. The van der Waals surface area contributed by atoms with Gasteiger partial charge in [0.05, 0.1) is 6.54 Å². The Morgan fingerprint density at radius 1 is 1.25 bits per heavy atom. The molecule has 0 amide bonds. The number of carbonyl (C=O) groups is 1. The monoisotopic (exact) mass is 220 g/mol. The summed E-state index contributed by atoms with van der Waals surface area (Å²) in [6.45, 7) is -0.278. The number of hydrogen-bond acceptors (Lipinski definition) is 3. The molecule has 0 aliphatic rings. The van der Waals surface area contributed by atoms with E-state index in [4.69, 9.17) is 5.11 Å². The average Bonchev–Trinajstić information content (AvgIpc) is 2.29. The zero-order valence-corrected chi connectivity index (χ0v) is 8.51. The van der Waals surface area contributed by atoms with Crippen molar-refractivity contribution in [1.29, 1.82) is 0 Å². The van der Waals surface area contributed by atoms with Crippen molar-refractivity contribution in [2.24, 2.45) is 5.73 Å². The molecule has 1 aromatic heterocycles. The Kier molecular flexibility index (Phi) is 4.23. The molecule has 0 unspecified atom stereocenters. The van der Waals surface area contributed by atoms with Crippen LogP contribution in [0.3, 0.4) is 0 Å². The van der Waals surface area contributed by atoms with E-state index in [1.54, 1.807) is 0 Å². The Labute approximate surface area is 91.5 Å². The molecule has 0 saturated heterocycles. The number of hydrogen-bond donors (Lipinski definition) is 3. The van der Waals surface area contributed by atoms with Crippen LogP contribution in [-0.2, 0) is 4.79 Å². The molecule has 16 heavy (non-hydrogen) atoms. The second-order valence-electron chi connectivity index (χ2n) is 3.01. The van der Waals surface area contributed by atoms with Gasteiger partial charge in [0.1, 0.15) is 0 Å². The SMILES string of the molecule is NCC(=O)O.O=c1ccc2ccccc2[nH]1. The lowest BCUT2D eigenvalue weighted by molar-refractivity contribution is -0.135. The first-order chi connectivity index (χ1) is 7.63. The molecule has 0 aliphatic carbocycles. The minimum Gasteiger partial charge on any atom is -0.480 e. The molecule has 0 radical (unpaired) electrons. The van der Waals surface area contributed by atoms with Crippen LogP contribution in [0, 0.1) is 0 Å². The standard InChI is InChI=1S/C9H7NO.C2H5NO2/c11-9-6-5-7-3-1-2-4-8(7)10-9;3-1-2(4)5/h1-6H,(H,10,11);1,3H2,(H,4,5). The van der Waals surface area contributed by atoms with Gasteiger partial charge in [-0.05, 0) is 17.5 Å². The molecule has 0 saturated carbocycles. The summed E-state index contributed by atoms with van der Waals surface area (Å²) in [5.74, 6) is -0.968. The number of benzene rings is 1. The van der Waals surface area contributed by atoms with Crippen LogP contribution in [0.25, 0.3) is 10.9 Å². The van der Waals surface area contributed by atoms with Gasteiger partial charge in [-0.15, -0.1) is 0 Å². The highest BCUT2D eigenvalue weighted by Crippen LogP contribution is 2.06. The summed E-state index contributed by atoms with van der Waals surface area (Å²) in [6.07, 6.45) is 0. The molecule has 0 atom stereocenters. The van der Waals surface area contributed by atoms with Crippen molar-refractivity contribution in [2.45, 2.75) is 0 Å². The molecule has 0 fully saturated rings. The van der Waals surface area contributed by atoms with Gasteiger partial charge in [0, 0.05) is 11.6 Å². The number of aromatic amines is 1. The summed E-state index contributed by atoms with van der Waals surface area (Å²) < 4.78 is 0. The second kappa shape index (κ2) is 5.67. The highest BCUT2D eigenvalue weighted by atomic mass is 16.4. The normalized spacial score (nSPS) is 9.31. The van der Waals surface area contributed by atoms with E-state index in [9.17, 15) is 9.59 Å². The van der Waals surface area contributed by atoms with Gasteiger partial charge in [-0.3, -0.25) is 9.59 Å². The zero-order chi connectivity index (χ0) is 12.0. The van der Waals surface area contributed by atoms with Gasteiger partial charge in [0.2, 0.25) is 5.56 Å². The summed E-state index contributed by atoms with van der Waals surface area (Å²) in [5.41, 5.74) is 5.41. The van der Waals surface area contributed by atoms with Crippen LogP contribution >= 0.6 is 0 Å². The fourth-order valence-electron chi connectivity index (χ4n) is 1.10. The number of para-hydroxylation sites is 1. The second-order valence-corrected chi connectivity index (χ2v) is 3.01. The molecule has 2 rings (SSSR count). The van der Waals surface area contributed by atoms with Crippen LogP contribution in [0.4, 0.5) is 0 Å². The van der Waals surface area contributed by atoms with Gasteiger partial charge >= 0.3 is 5.97 Å². The summed E-state index contributed by atoms with van der Waals surface area (Å²) in [7, 11) is 0. The van der Waals surface area contributed by atoms with E-state index >= 15 is 0 Å². The van der Waals surface area contributed by atoms with Gasteiger partial charge in [-0.25, -0.2) is 0 Å². The van der Waals surface area contributed by atoms with E-state index in [1.165, 1.54) is 6.07 Å². The van der Waals surface area contributed by atoms with Crippen LogP contribution in [-0.4, -0.2) is 22.6 Å². The van der Waals surface area contributed by atoms with Crippen molar-refractivity contribution in [1.82, 2.24) is 4.98 Å². The Balaban J connectivity index is 0.000000221. The van der Waals surface area contributed by atoms with Gasteiger partial charge < -0.3 is 15.8 Å². The first-order valence-corrected chi connectivity index (χ1v) is 4.63. The minimum atomic E-state index is -0.968. The molecular weight excluding hydrogens is 208 g/mol. The van der Waals surface area contributed by atoms with Gasteiger partial charge in [0.15, 0.2) is 0 Å². The first-order valence-electron chi connectivity index (χ1n) is 4.63. The molecule has 84 valence electrons. The molecule has 1 aromatic carbocycles. The number of aromatic nitrogens is 1. The highest BCUT2D eigenvalue weighted by molar-refractivity contribution is 5.77. The quantitative estimate of drug-likeness (QED) is 0.654. The van der Waals surface area contributed by atoms with Crippen molar-refractivity contribution >= 4 is 16.9 Å². The number of nitrogens with two attached hydrogens (primary N) is 1. The smallest absolute Gasteiger partial charge is 0.317 e. The van der Waals surface area contributed by atoms with Crippen LogP contribution < -0.4 is 11.3 Å². The number of nitrogens with one attached hydrogen (secondary N) is 1. The van der Waals surface area contributed by atoms with Gasteiger partial charge in [-0.2, -0.15) is 0 Å². The maximum atomic E-state index is 10.8. The molecule has 4 N–H and O–H groups in total. The number of fused-ring (bicyclic) bond motifs is 1. The average molecular weight is 220 g/mol. The molecule has 5 nitrogen and oxygen atoms in total. The van der Waals surface area contributed by atoms with E-state index in [-0.39, 0.29) is 12.1 Å². The van der Waals surface area contributed by atoms with Crippen molar-refractivity contribution in [3.8, 4) is 0 Å². The van der Waals surface area contributed by atoms with E-state index in [1.807, 2.05) is 30.3 Å². The molecule has 1 heterocycles. The van der Waals surface area contributed by atoms with Crippen LogP contribution in [0.1, 0.15) is 0 Å². The van der Waals surface area contributed by atoms with Crippen LogP contribution in [0.2, 0.25) is 0 Å². The number of aliphatic carboxylic acids is 1. The van der Waals surface area contributed by atoms with Crippen LogP contribution in [0.15, 0.2) is 41.2 Å². The fraction of sp³-hybridized carbons (Fsp3) is 0.0909. The van der Waals surface area contributed by atoms with Crippen molar-refractivity contribution in [2.75, 3.05) is 6.54 Å². The predicted octanol–water partition coefficient (Wildman–Crippen LogP) is 0.558. The Hall–Kier alpha value is -2.14. The highest BCUT2D eigenvalue weighted by Gasteiger charge is 1.89. The molecule has 2 aromatic rings. The van der Waals surface area contributed by atoms with Gasteiger partial charge in [0.25, 0.3) is 0 Å². The predicted molar refractivity (Wildman–Crippen MR) is 61.3 cm³/mol. The van der Waals surface area contributed by atoms with Crippen molar-refractivity contribution < 1.29 is 9.90 Å². The summed E-state index contributed by atoms with van der Waals surface area (Å²) >= 11 is 0. The molecule has 5 heteroatoms. The lowest BCUT2D eigenvalue weighted by atomic mass is 10.2. The van der Waals surface area contributed by atoms with Gasteiger partial charge in [-0.1, -0.05) is 18.2 Å². The Bertz CT molecular complexity index is 534. The fourth-order valence-corrected chi connectivity index (χ4v) is 1.10. The zero-order valence-electron chi connectivity index (χ0n) is 8.51. The van der Waals surface area contributed by atoms with E-state index < -0.39 is 5.97 Å². The number of rotatable bonds is 1. The lowest BCUT2D eigenvalue weighted by Crippen LogP contribution is -2.10. The molecule has 0 aliphatic heterocycles. The number of H-pyrrole nitrogens is 1. The third kappa shape index (κ3) is 3.55. The summed E-state index contributed by atoms with van der Waals surface area (Å²) in [6, 6.07) is 11.0. The third-order valence-electron chi connectivity index (χ3n) is 1.81. The molecule has 0 spiro atoms. The van der Waals surface area contributed by atoms with E-state index in [0.29, 0.717) is 0 Å². The lowest BCUT2D eigenvalue weighted by Gasteiger charge is -1.93. The first kappa shape index (κ1) is 11.9. The van der Waals surface area contributed by atoms with Crippen molar-refractivity contribution in [3.63, 3.8) is 0 Å². The topological polar surface area (TPSA) is 96.2 Å². The maximum Gasteiger partial charge on any atom is 0.317 e. The number of pyridine rings is 1. The maximum absolute atomic E-state index is 10.8. The summed E-state index contributed by atoms with van der Waals surface area (Å²) in [5, 5.41) is 8.66. The Morgan fingerprint density at radius 2 is 1.88 bits per heavy atom. The minimum absolute atomic E-state index is 0.0521. The third-order valence-corrected chi connectivity index (χ3v) is 1.81. The van der Waals surface area contributed by atoms with Crippen molar-refractivity contribution in [3.05, 3.63) is 46.8 Å². The molecular formula is C11H12N2O3. The number of carboxylic acid groups (broad SMARTS) is 1.